The number of sulfonamides is 1. The summed E-state index contributed by atoms with van der Waals surface area (Å²) in [5.41, 5.74) is 0.913. The lowest BCUT2D eigenvalue weighted by Gasteiger charge is -2.07. The van der Waals surface area contributed by atoms with E-state index in [0.29, 0.717) is 11.4 Å². The molecule has 9 nitrogen and oxygen atoms in total. The van der Waals surface area contributed by atoms with Gasteiger partial charge in [-0.25, -0.2) is 13.6 Å². The molecule has 3 aromatic rings. The van der Waals surface area contributed by atoms with Gasteiger partial charge >= 0.3 is 0 Å². The van der Waals surface area contributed by atoms with Crippen molar-refractivity contribution in [3.8, 4) is 17.2 Å². The van der Waals surface area contributed by atoms with E-state index in [1.54, 1.807) is 30.3 Å². The van der Waals surface area contributed by atoms with Crippen LogP contribution in [0.15, 0.2) is 41.7 Å². The minimum Gasteiger partial charge on any atom is -0.263 e. The number of para-hydroxylation sites is 1. The summed E-state index contributed by atoms with van der Waals surface area (Å²) in [6, 6.07) is 8.74. The van der Waals surface area contributed by atoms with Crippen LogP contribution in [-0.2, 0) is 10.0 Å². The second-order valence-electron chi connectivity index (χ2n) is 3.88. The van der Waals surface area contributed by atoms with Crippen molar-refractivity contribution in [1.82, 2.24) is 30.2 Å². The van der Waals surface area contributed by atoms with Gasteiger partial charge in [-0.15, -0.1) is 10.2 Å². The first-order chi connectivity index (χ1) is 9.57. The lowest BCUT2D eigenvalue weighted by atomic mass is 10.3. The largest absolute Gasteiger partial charge is 0.274 e. The summed E-state index contributed by atoms with van der Waals surface area (Å²) in [6.07, 6.45) is 1.41. The fourth-order valence-corrected chi connectivity index (χ4v) is 2.34. The number of hydrogen-bond donors (Lipinski definition) is 2. The summed E-state index contributed by atoms with van der Waals surface area (Å²) < 4.78 is 24.6. The Balaban J connectivity index is 2.31. The van der Waals surface area contributed by atoms with E-state index in [1.807, 2.05) is 0 Å². The zero-order chi connectivity index (χ0) is 14.2. The Kier molecular flexibility index (Phi) is 2.80. The molecule has 0 amide bonds. The van der Waals surface area contributed by atoms with E-state index in [4.69, 9.17) is 5.14 Å². The predicted molar refractivity (Wildman–Crippen MR) is 68.1 cm³/mol. The predicted octanol–water partition coefficient (Wildman–Crippen LogP) is -0.300. The third-order valence-corrected chi connectivity index (χ3v) is 3.32. The van der Waals surface area contributed by atoms with Gasteiger partial charge in [0, 0.05) is 0 Å². The normalized spacial score (nSPS) is 11.7. The van der Waals surface area contributed by atoms with Crippen LogP contribution >= 0.6 is 0 Å². The molecular weight excluding hydrogens is 282 g/mol. The Bertz CT molecular complexity index is 824. The minimum atomic E-state index is -4.02. The summed E-state index contributed by atoms with van der Waals surface area (Å²) in [5.74, 6) is 0.231. The van der Waals surface area contributed by atoms with Crippen molar-refractivity contribution in [3.63, 3.8) is 0 Å². The van der Waals surface area contributed by atoms with Crippen LogP contribution in [0.5, 0.6) is 0 Å². The van der Waals surface area contributed by atoms with Crippen molar-refractivity contribution in [3.05, 3.63) is 36.5 Å². The highest BCUT2D eigenvalue weighted by molar-refractivity contribution is 7.89. The Morgan fingerprint density at radius 1 is 1.15 bits per heavy atom. The van der Waals surface area contributed by atoms with Crippen LogP contribution in [-0.4, -0.2) is 38.6 Å². The van der Waals surface area contributed by atoms with E-state index >= 15 is 0 Å². The van der Waals surface area contributed by atoms with E-state index in [0.717, 1.165) is 0 Å². The maximum absolute atomic E-state index is 11.6. The van der Waals surface area contributed by atoms with E-state index in [-0.39, 0.29) is 11.0 Å². The lowest BCUT2D eigenvalue weighted by molar-refractivity contribution is 0.585. The Morgan fingerprint density at radius 2 is 1.90 bits per heavy atom. The molecule has 0 bridgehead atoms. The van der Waals surface area contributed by atoms with Crippen LogP contribution in [0.1, 0.15) is 0 Å². The molecule has 0 atom stereocenters. The first-order valence-electron chi connectivity index (χ1n) is 5.47. The summed E-state index contributed by atoms with van der Waals surface area (Å²) in [7, 11) is -4.02. The van der Waals surface area contributed by atoms with Crippen molar-refractivity contribution in [2.45, 2.75) is 5.16 Å². The SMILES string of the molecule is NS(=O)(=O)c1nnc(-c2cn[nH]n2)n1-c1ccccc1. The molecule has 3 rings (SSSR count). The third kappa shape index (κ3) is 2.06. The molecule has 20 heavy (non-hydrogen) atoms. The lowest BCUT2D eigenvalue weighted by Crippen LogP contribution is -2.18. The van der Waals surface area contributed by atoms with Crippen LogP contribution in [0, 0.1) is 0 Å². The number of hydrogen-bond acceptors (Lipinski definition) is 6. The number of rotatable bonds is 3. The van der Waals surface area contributed by atoms with Gasteiger partial charge in [-0.3, -0.25) is 4.57 Å². The van der Waals surface area contributed by atoms with Gasteiger partial charge < -0.3 is 0 Å². The molecule has 2 heterocycles. The average molecular weight is 291 g/mol. The molecule has 2 aromatic heterocycles. The minimum absolute atomic E-state index is 0.231. The van der Waals surface area contributed by atoms with E-state index in [9.17, 15) is 8.42 Å². The van der Waals surface area contributed by atoms with Crippen molar-refractivity contribution >= 4 is 10.0 Å². The van der Waals surface area contributed by atoms with Crippen LogP contribution < -0.4 is 5.14 Å². The number of nitrogens with two attached hydrogens (primary N) is 1. The molecule has 102 valence electrons. The molecule has 0 aliphatic rings. The van der Waals surface area contributed by atoms with E-state index in [2.05, 4.69) is 25.6 Å². The number of benzene rings is 1. The van der Waals surface area contributed by atoms with Crippen molar-refractivity contribution in [1.29, 1.82) is 0 Å². The summed E-state index contributed by atoms with van der Waals surface area (Å²) in [4.78, 5) is 0. The molecule has 0 saturated carbocycles. The number of primary sulfonamides is 1. The van der Waals surface area contributed by atoms with Crippen molar-refractivity contribution in [2.75, 3.05) is 0 Å². The maximum atomic E-state index is 11.6. The second kappa shape index (κ2) is 4.51. The third-order valence-electron chi connectivity index (χ3n) is 2.55. The van der Waals surface area contributed by atoms with Gasteiger partial charge in [0.25, 0.3) is 15.2 Å². The number of aromatic nitrogens is 6. The van der Waals surface area contributed by atoms with Gasteiger partial charge in [-0.05, 0) is 12.1 Å². The highest BCUT2D eigenvalue weighted by atomic mass is 32.2. The standard InChI is InChI=1S/C10H9N7O2S/c11-20(18,19)10-15-14-9(8-6-12-16-13-8)17(10)7-4-2-1-3-5-7/h1-6H,(H2,11,18,19)(H,12,13,16). The summed E-state index contributed by atoms with van der Waals surface area (Å²) in [5, 5.41) is 22.3. The summed E-state index contributed by atoms with van der Waals surface area (Å²) in [6.45, 7) is 0. The van der Waals surface area contributed by atoms with Gasteiger partial charge in [0.05, 0.1) is 11.9 Å². The van der Waals surface area contributed by atoms with Gasteiger partial charge in [-0.1, -0.05) is 18.2 Å². The van der Waals surface area contributed by atoms with Crippen LogP contribution in [0.4, 0.5) is 0 Å². The molecule has 0 fully saturated rings. The average Bonchev–Trinajstić information content (AvgIpc) is 3.07. The number of nitrogens with zero attached hydrogens (tertiary/aromatic N) is 5. The fraction of sp³-hybridized carbons (Fsp3) is 0. The van der Waals surface area contributed by atoms with Crippen LogP contribution in [0.25, 0.3) is 17.2 Å². The highest BCUT2D eigenvalue weighted by Gasteiger charge is 2.24. The quantitative estimate of drug-likeness (QED) is 0.680. The second-order valence-corrected chi connectivity index (χ2v) is 5.33. The van der Waals surface area contributed by atoms with Crippen LogP contribution in [0.2, 0.25) is 0 Å². The Morgan fingerprint density at radius 3 is 2.50 bits per heavy atom. The van der Waals surface area contributed by atoms with Crippen molar-refractivity contribution < 1.29 is 8.42 Å². The monoisotopic (exact) mass is 291 g/mol. The molecule has 3 N–H and O–H groups in total. The van der Waals surface area contributed by atoms with Crippen LogP contribution in [0.3, 0.4) is 0 Å². The molecule has 0 radical (unpaired) electrons. The molecule has 0 unspecified atom stereocenters. The topological polar surface area (TPSA) is 132 Å². The number of aromatic amines is 1. The molecule has 0 saturated heterocycles. The first-order valence-corrected chi connectivity index (χ1v) is 7.02. The van der Waals surface area contributed by atoms with Gasteiger partial charge in [-0.2, -0.15) is 15.4 Å². The van der Waals surface area contributed by atoms with E-state index in [1.165, 1.54) is 10.8 Å². The molecule has 1 aromatic carbocycles. The molecule has 0 aliphatic carbocycles. The smallest absolute Gasteiger partial charge is 0.263 e. The zero-order valence-electron chi connectivity index (χ0n) is 10.0. The van der Waals surface area contributed by atoms with E-state index < -0.39 is 10.0 Å². The number of H-pyrrole nitrogens is 1. The molecular formula is C10H9N7O2S. The van der Waals surface area contributed by atoms with Gasteiger partial charge in [0.2, 0.25) is 0 Å². The maximum Gasteiger partial charge on any atom is 0.274 e. The van der Waals surface area contributed by atoms with Gasteiger partial charge in [0.15, 0.2) is 11.5 Å². The zero-order valence-corrected chi connectivity index (χ0v) is 10.8. The molecule has 10 heteroatoms. The number of nitrogens with one attached hydrogen (secondary N) is 1. The summed E-state index contributed by atoms with van der Waals surface area (Å²) >= 11 is 0. The first kappa shape index (κ1) is 12.4. The van der Waals surface area contributed by atoms with Gasteiger partial charge in [0.1, 0.15) is 0 Å². The Labute approximate surface area is 113 Å². The highest BCUT2D eigenvalue weighted by Crippen LogP contribution is 2.22. The van der Waals surface area contributed by atoms with Crippen molar-refractivity contribution in [2.24, 2.45) is 5.14 Å². The fourth-order valence-electron chi connectivity index (χ4n) is 1.74. The molecule has 0 spiro atoms. The Hall–Kier alpha value is -2.59. The molecule has 0 aliphatic heterocycles.